The van der Waals surface area contributed by atoms with Crippen LogP contribution in [0, 0.1) is 0 Å². The van der Waals surface area contributed by atoms with Crippen LogP contribution < -0.4 is 20.1 Å². The third-order valence-corrected chi connectivity index (χ3v) is 4.03. The van der Waals surface area contributed by atoms with Crippen LogP contribution >= 0.6 is 11.6 Å². The van der Waals surface area contributed by atoms with Gasteiger partial charge in [-0.05, 0) is 24.3 Å². The third kappa shape index (κ3) is 5.27. The van der Waals surface area contributed by atoms with E-state index in [0.29, 0.717) is 33.5 Å². The molecule has 0 saturated carbocycles. The van der Waals surface area contributed by atoms with E-state index in [1.54, 1.807) is 50.5 Å². The molecule has 0 fully saturated rings. The normalized spacial score (nSPS) is 10.1. The average Bonchev–Trinajstić information content (AvgIpc) is 2.66. The zero-order valence-electron chi connectivity index (χ0n) is 15.6. The van der Waals surface area contributed by atoms with E-state index in [4.69, 9.17) is 21.1 Å². The average molecular weight is 392 g/mol. The third-order valence-electron chi connectivity index (χ3n) is 3.74. The summed E-state index contributed by atoms with van der Waals surface area (Å²) in [6, 6.07) is 9.97. The zero-order valence-corrected chi connectivity index (χ0v) is 16.4. The molecule has 144 valence electrons. The van der Waals surface area contributed by atoms with E-state index >= 15 is 0 Å². The van der Waals surface area contributed by atoms with Gasteiger partial charge < -0.3 is 25.0 Å². The first-order valence-corrected chi connectivity index (χ1v) is 8.50. The lowest BCUT2D eigenvalue weighted by Gasteiger charge is -2.14. The lowest BCUT2D eigenvalue weighted by Crippen LogP contribution is -2.23. The molecule has 0 atom stereocenters. The summed E-state index contributed by atoms with van der Waals surface area (Å²) in [4.78, 5) is 25.5. The van der Waals surface area contributed by atoms with E-state index in [0.717, 1.165) is 0 Å². The van der Waals surface area contributed by atoms with Crippen LogP contribution in [-0.4, -0.2) is 51.6 Å². The standard InChI is InChI=1S/C19H22ClN3O4/c1-23(2)19(25)12-5-7-13(8-6-12)22-18(24)11-21-15-10-16(26-3)14(20)9-17(15)27-4/h5-10,21H,11H2,1-4H3,(H,22,24). The molecule has 0 unspecified atom stereocenters. The number of ether oxygens (including phenoxy) is 2. The number of hydrogen-bond acceptors (Lipinski definition) is 5. The Morgan fingerprint density at radius 1 is 1.04 bits per heavy atom. The molecule has 0 aliphatic rings. The molecule has 0 spiro atoms. The lowest BCUT2D eigenvalue weighted by atomic mass is 10.2. The lowest BCUT2D eigenvalue weighted by molar-refractivity contribution is -0.114. The summed E-state index contributed by atoms with van der Waals surface area (Å²) in [5.41, 5.74) is 1.73. The molecule has 2 N–H and O–H groups in total. The number of benzene rings is 2. The van der Waals surface area contributed by atoms with E-state index in [-0.39, 0.29) is 18.4 Å². The molecule has 2 aromatic carbocycles. The van der Waals surface area contributed by atoms with Crippen LogP contribution in [0.25, 0.3) is 0 Å². The number of hydrogen-bond donors (Lipinski definition) is 2. The van der Waals surface area contributed by atoms with E-state index in [1.807, 2.05) is 0 Å². The molecule has 0 radical (unpaired) electrons. The van der Waals surface area contributed by atoms with Crippen molar-refractivity contribution in [2.24, 2.45) is 0 Å². The molecular formula is C19H22ClN3O4. The van der Waals surface area contributed by atoms with Crippen LogP contribution in [0.15, 0.2) is 36.4 Å². The SMILES string of the molecule is COc1cc(NCC(=O)Nc2ccc(C(=O)N(C)C)cc2)c(OC)cc1Cl. The van der Waals surface area contributed by atoms with E-state index in [2.05, 4.69) is 10.6 Å². The number of carbonyl (C=O) groups excluding carboxylic acids is 2. The number of nitrogens with zero attached hydrogens (tertiary/aromatic N) is 1. The number of nitrogens with one attached hydrogen (secondary N) is 2. The molecule has 2 rings (SSSR count). The van der Waals surface area contributed by atoms with Gasteiger partial charge in [0.15, 0.2) is 0 Å². The fourth-order valence-electron chi connectivity index (χ4n) is 2.33. The molecule has 2 amide bonds. The van der Waals surface area contributed by atoms with Gasteiger partial charge in [-0.1, -0.05) is 11.6 Å². The fraction of sp³-hybridized carbons (Fsp3) is 0.263. The topological polar surface area (TPSA) is 79.9 Å². The first kappa shape index (κ1) is 20.4. The van der Waals surface area contributed by atoms with Gasteiger partial charge in [-0.25, -0.2) is 0 Å². The van der Waals surface area contributed by atoms with Crippen LogP contribution in [0.5, 0.6) is 11.5 Å². The summed E-state index contributed by atoms with van der Waals surface area (Å²) in [5, 5.41) is 6.17. The maximum absolute atomic E-state index is 12.2. The fourth-order valence-corrected chi connectivity index (χ4v) is 2.56. The minimum atomic E-state index is -0.252. The van der Waals surface area contributed by atoms with Gasteiger partial charge in [0.2, 0.25) is 5.91 Å². The van der Waals surface area contributed by atoms with Crippen molar-refractivity contribution in [3.63, 3.8) is 0 Å². The summed E-state index contributed by atoms with van der Waals surface area (Å²) >= 11 is 6.07. The van der Waals surface area contributed by atoms with Crippen LogP contribution in [-0.2, 0) is 4.79 Å². The van der Waals surface area contributed by atoms with E-state index < -0.39 is 0 Å². The molecule has 8 heteroatoms. The Bertz CT molecular complexity index is 822. The number of methoxy groups -OCH3 is 2. The molecule has 0 bridgehead atoms. The van der Waals surface area contributed by atoms with Crippen molar-refractivity contribution >= 4 is 34.8 Å². The second kappa shape index (κ2) is 9.14. The summed E-state index contributed by atoms with van der Waals surface area (Å²) in [6.45, 7) is 0.0134. The largest absolute Gasteiger partial charge is 0.495 e. The number of anilines is 2. The van der Waals surface area contributed by atoms with Gasteiger partial charge in [0.05, 0.1) is 31.5 Å². The quantitative estimate of drug-likeness (QED) is 0.758. The monoisotopic (exact) mass is 391 g/mol. The molecule has 2 aromatic rings. The Morgan fingerprint density at radius 3 is 2.22 bits per heavy atom. The van der Waals surface area contributed by atoms with Crippen LogP contribution in [0.3, 0.4) is 0 Å². The Balaban J connectivity index is 1.99. The van der Waals surface area contributed by atoms with Crippen molar-refractivity contribution < 1.29 is 19.1 Å². The van der Waals surface area contributed by atoms with Gasteiger partial charge in [-0.15, -0.1) is 0 Å². The molecule has 0 aliphatic carbocycles. The predicted molar refractivity (Wildman–Crippen MR) is 106 cm³/mol. The smallest absolute Gasteiger partial charge is 0.253 e. The second-order valence-corrected chi connectivity index (χ2v) is 6.27. The first-order valence-electron chi connectivity index (χ1n) is 8.12. The summed E-state index contributed by atoms with van der Waals surface area (Å²) in [5.74, 6) is 0.623. The molecule has 27 heavy (non-hydrogen) atoms. The van der Waals surface area contributed by atoms with Crippen molar-refractivity contribution in [2.45, 2.75) is 0 Å². The van der Waals surface area contributed by atoms with Crippen molar-refractivity contribution in [1.29, 1.82) is 0 Å². The number of carbonyl (C=O) groups is 2. The predicted octanol–water partition coefficient (Wildman–Crippen LogP) is 3.11. The van der Waals surface area contributed by atoms with Crippen molar-refractivity contribution in [2.75, 3.05) is 45.5 Å². The van der Waals surface area contributed by atoms with Gasteiger partial charge in [0, 0.05) is 37.5 Å². The Hall–Kier alpha value is -2.93. The van der Waals surface area contributed by atoms with Gasteiger partial charge in [-0.3, -0.25) is 9.59 Å². The molecule has 7 nitrogen and oxygen atoms in total. The highest BCUT2D eigenvalue weighted by Gasteiger charge is 2.12. The highest BCUT2D eigenvalue weighted by atomic mass is 35.5. The van der Waals surface area contributed by atoms with Crippen molar-refractivity contribution in [3.05, 3.63) is 47.0 Å². The first-order chi connectivity index (χ1) is 12.8. The highest BCUT2D eigenvalue weighted by Crippen LogP contribution is 2.35. The second-order valence-electron chi connectivity index (χ2n) is 5.87. The number of rotatable bonds is 7. The minimum absolute atomic E-state index is 0.0134. The molecule has 0 aliphatic heterocycles. The van der Waals surface area contributed by atoms with Crippen molar-refractivity contribution in [1.82, 2.24) is 4.90 Å². The summed E-state index contributed by atoms with van der Waals surface area (Å²) < 4.78 is 10.4. The molecule has 0 saturated heterocycles. The number of halogens is 1. The Morgan fingerprint density at radius 2 is 1.67 bits per heavy atom. The van der Waals surface area contributed by atoms with Crippen molar-refractivity contribution in [3.8, 4) is 11.5 Å². The number of amides is 2. The van der Waals surface area contributed by atoms with E-state index in [9.17, 15) is 9.59 Å². The van der Waals surface area contributed by atoms with Gasteiger partial charge in [0.25, 0.3) is 5.91 Å². The van der Waals surface area contributed by atoms with Gasteiger partial charge in [0.1, 0.15) is 11.5 Å². The zero-order chi connectivity index (χ0) is 20.0. The highest BCUT2D eigenvalue weighted by molar-refractivity contribution is 6.32. The van der Waals surface area contributed by atoms with Crippen LogP contribution in [0.2, 0.25) is 5.02 Å². The summed E-state index contributed by atoms with van der Waals surface area (Å²) in [6.07, 6.45) is 0. The Labute approximate surface area is 163 Å². The van der Waals surface area contributed by atoms with Crippen LogP contribution in [0.4, 0.5) is 11.4 Å². The maximum Gasteiger partial charge on any atom is 0.253 e. The molecular weight excluding hydrogens is 370 g/mol. The minimum Gasteiger partial charge on any atom is -0.495 e. The Kier molecular flexibility index (Phi) is 6.90. The van der Waals surface area contributed by atoms with Gasteiger partial charge >= 0.3 is 0 Å². The molecule has 0 heterocycles. The van der Waals surface area contributed by atoms with E-state index in [1.165, 1.54) is 19.1 Å². The molecule has 0 aromatic heterocycles. The summed E-state index contributed by atoms with van der Waals surface area (Å²) in [7, 11) is 6.39. The van der Waals surface area contributed by atoms with Gasteiger partial charge in [-0.2, -0.15) is 0 Å². The van der Waals surface area contributed by atoms with Crippen LogP contribution in [0.1, 0.15) is 10.4 Å². The maximum atomic E-state index is 12.2.